The average Bonchev–Trinajstić information content (AvgIpc) is 2.84. The van der Waals surface area contributed by atoms with Gasteiger partial charge in [-0.15, -0.1) is 0 Å². The van der Waals surface area contributed by atoms with Gasteiger partial charge in [0.05, 0.1) is 12.2 Å². The molecule has 0 amide bonds. The van der Waals surface area contributed by atoms with Gasteiger partial charge in [0.25, 0.3) is 0 Å². The standard InChI is InChI=1S/C14H17N3O3/c1-2-6-17-7-5-11(16-17)9-15-10-3-4-12(14(19)20)13(18)8-10/h3-5,7-8,15,18H,2,6,9H2,1H3,(H,19,20). The van der Waals surface area contributed by atoms with Crippen molar-refractivity contribution in [2.24, 2.45) is 0 Å². The second kappa shape index (κ2) is 6.10. The molecule has 0 fully saturated rings. The number of hydrogen-bond acceptors (Lipinski definition) is 4. The molecule has 1 aromatic carbocycles. The van der Waals surface area contributed by atoms with Crippen LogP contribution in [-0.4, -0.2) is 26.0 Å². The molecule has 1 heterocycles. The summed E-state index contributed by atoms with van der Waals surface area (Å²) in [6.07, 6.45) is 2.95. The van der Waals surface area contributed by atoms with Crippen LogP contribution in [0.2, 0.25) is 0 Å². The fourth-order valence-electron chi connectivity index (χ4n) is 1.87. The van der Waals surface area contributed by atoms with Gasteiger partial charge in [-0.05, 0) is 24.6 Å². The van der Waals surface area contributed by atoms with Crippen LogP contribution in [0, 0.1) is 0 Å². The van der Waals surface area contributed by atoms with Crippen molar-refractivity contribution in [2.45, 2.75) is 26.4 Å². The quantitative estimate of drug-likeness (QED) is 0.753. The van der Waals surface area contributed by atoms with Crippen LogP contribution in [0.25, 0.3) is 0 Å². The lowest BCUT2D eigenvalue weighted by Crippen LogP contribution is -2.03. The highest BCUT2D eigenvalue weighted by molar-refractivity contribution is 5.91. The molecule has 1 aromatic heterocycles. The lowest BCUT2D eigenvalue weighted by molar-refractivity contribution is 0.0694. The molecule has 3 N–H and O–H groups in total. The predicted octanol–water partition coefficient (Wildman–Crippen LogP) is 2.31. The highest BCUT2D eigenvalue weighted by atomic mass is 16.4. The van der Waals surface area contributed by atoms with Crippen molar-refractivity contribution < 1.29 is 15.0 Å². The molecule has 2 aromatic rings. The van der Waals surface area contributed by atoms with Crippen LogP contribution in [-0.2, 0) is 13.1 Å². The van der Waals surface area contributed by atoms with Crippen molar-refractivity contribution in [3.05, 3.63) is 41.7 Å². The molecule has 0 aliphatic carbocycles. The maximum atomic E-state index is 10.8. The lowest BCUT2D eigenvalue weighted by atomic mass is 10.2. The first kappa shape index (κ1) is 13.9. The highest BCUT2D eigenvalue weighted by Gasteiger charge is 2.09. The Morgan fingerprint density at radius 3 is 2.85 bits per heavy atom. The number of aryl methyl sites for hydroxylation is 1. The second-order valence-corrected chi connectivity index (χ2v) is 4.46. The molecular formula is C14H17N3O3. The number of rotatable bonds is 6. The molecule has 20 heavy (non-hydrogen) atoms. The summed E-state index contributed by atoms with van der Waals surface area (Å²) < 4.78 is 1.88. The molecule has 0 aliphatic heterocycles. The van der Waals surface area contributed by atoms with E-state index in [2.05, 4.69) is 17.3 Å². The Morgan fingerprint density at radius 1 is 1.40 bits per heavy atom. The smallest absolute Gasteiger partial charge is 0.339 e. The van der Waals surface area contributed by atoms with Crippen LogP contribution in [0.5, 0.6) is 5.75 Å². The third-order valence-electron chi connectivity index (χ3n) is 2.85. The topological polar surface area (TPSA) is 87.4 Å². The Balaban J connectivity index is 1.99. The predicted molar refractivity (Wildman–Crippen MR) is 74.9 cm³/mol. The zero-order valence-electron chi connectivity index (χ0n) is 11.2. The van der Waals surface area contributed by atoms with E-state index in [1.165, 1.54) is 12.1 Å². The van der Waals surface area contributed by atoms with Crippen molar-refractivity contribution in [3.63, 3.8) is 0 Å². The van der Waals surface area contributed by atoms with Crippen LogP contribution >= 0.6 is 0 Å². The van der Waals surface area contributed by atoms with E-state index in [1.54, 1.807) is 6.07 Å². The number of aromatic carboxylic acids is 1. The number of aromatic nitrogens is 2. The molecule has 0 saturated carbocycles. The largest absolute Gasteiger partial charge is 0.507 e. The van der Waals surface area contributed by atoms with Gasteiger partial charge < -0.3 is 15.5 Å². The Kier molecular flexibility index (Phi) is 4.24. The number of hydrogen-bond donors (Lipinski definition) is 3. The second-order valence-electron chi connectivity index (χ2n) is 4.46. The van der Waals surface area contributed by atoms with E-state index in [9.17, 15) is 9.90 Å². The fraction of sp³-hybridized carbons (Fsp3) is 0.286. The zero-order chi connectivity index (χ0) is 14.5. The summed E-state index contributed by atoms with van der Waals surface area (Å²) in [6.45, 7) is 3.49. The van der Waals surface area contributed by atoms with E-state index < -0.39 is 5.97 Å². The first-order chi connectivity index (χ1) is 9.60. The van der Waals surface area contributed by atoms with Gasteiger partial charge in [0.2, 0.25) is 0 Å². The normalized spacial score (nSPS) is 10.4. The average molecular weight is 275 g/mol. The number of benzene rings is 1. The molecule has 106 valence electrons. The molecule has 0 aliphatic rings. The van der Waals surface area contributed by atoms with Gasteiger partial charge >= 0.3 is 5.97 Å². The minimum atomic E-state index is -1.15. The van der Waals surface area contributed by atoms with E-state index in [-0.39, 0.29) is 11.3 Å². The van der Waals surface area contributed by atoms with E-state index in [0.29, 0.717) is 12.2 Å². The van der Waals surface area contributed by atoms with E-state index >= 15 is 0 Å². The van der Waals surface area contributed by atoms with Gasteiger partial charge in [-0.2, -0.15) is 5.10 Å². The molecule has 2 rings (SSSR count). The van der Waals surface area contributed by atoms with Gasteiger partial charge in [-0.3, -0.25) is 4.68 Å². The Morgan fingerprint density at radius 2 is 2.20 bits per heavy atom. The Bertz CT molecular complexity index is 607. The number of anilines is 1. The van der Waals surface area contributed by atoms with Crippen LogP contribution < -0.4 is 5.32 Å². The highest BCUT2D eigenvalue weighted by Crippen LogP contribution is 2.22. The summed E-state index contributed by atoms with van der Waals surface area (Å²) in [4.78, 5) is 10.8. The minimum absolute atomic E-state index is 0.109. The van der Waals surface area contributed by atoms with Gasteiger partial charge in [0.15, 0.2) is 0 Å². The molecule has 0 spiro atoms. The fourth-order valence-corrected chi connectivity index (χ4v) is 1.87. The Hall–Kier alpha value is -2.50. The van der Waals surface area contributed by atoms with Crippen molar-refractivity contribution in [1.82, 2.24) is 9.78 Å². The van der Waals surface area contributed by atoms with Crippen molar-refractivity contribution in [3.8, 4) is 5.75 Å². The molecule has 0 unspecified atom stereocenters. The summed E-state index contributed by atoms with van der Waals surface area (Å²) in [5.74, 6) is -1.40. The number of carboxylic acids is 1. The first-order valence-corrected chi connectivity index (χ1v) is 6.42. The van der Waals surface area contributed by atoms with Gasteiger partial charge in [-0.25, -0.2) is 4.79 Å². The Labute approximate surface area is 116 Å². The van der Waals surface area contributed by atoms with Gasteiger partial charge in [0, 0.05) is 24.5 Å². The number of aromatic hydroxyl groups is 1. The third kappa shape index (κ3) is 3.28. The minimum Gasteiger partial charge on any atom is -0.507 e. The van der Waals surface area contributed by atoms with E-state index in [0.717, 1.165) is 18.7 Å². The van der Waals surface area contributed by atoms with E-state index in [4.69, 9.17) is 5.11 Å². The van der Waals surface area contributed by atoms with Crippen molar-refractivity contribution in [1.29, 1.82) is 0 Å². The number of phenols is 1. The molecule has 0 saturated heterocycles. The van der Waals surface area contributed by atoms with Crippen LogP contribution in [0.3, 0.4) is 0 Å². The summed E-state index contributed by atoms with van der Waals surface area (Å²) in [5.41, 5.74) is 1.43. The zero-order valence-corrected chi connectivity index (χ0v) is 11.2. The number of carboxylic acid groups (broad SMARTS) is 1. The SMILES string of the molecule is CCCn1ccc(CNc2ccc(C(=O)O)c(O)c2)n1. The summed E-state index contributed by atoms with van der Waals surface area (Å²) in [5, 5.41) is 25.9. The molecule has 6 heteroatoms. The van der Waals surface area contributed by atoms with Gasteiger partial charge in [-0.1, -0.05) is 6.92 Å². The monoisotopic (exact) mass is 275 g/mol. The number of nitrogens with one attached hydrogen (secondary N) is 1. The van der Waals surface area contributed by atoms with Crippen LogP contribution in [0.15, 0.2) is 30.5 Å². The molecule has 0 bridgehead atoms. The molecule has 0 radical (unpaired) electrons. The summed E-state index contributed by atoms with van der Waals surface area (Å²) in [6, 6.07) is 6.31. The van der Waals surface area contributed by atoms with Crippen LogP contribution in [0.1, 0.15) is 29.4 Å². The molecule has 6 nitrogen and oxygen atoms in total. The molecular weight excluding hydrogens is 258 g/mol. The number of carbonyl (C=O) groups is 1. The summed E-state index contributed by atoms with van der Waals surface area (Å²) in [7, 11) is 0. The number of nitrogens with zero attached hydrogens (tertiary/aromatic N) is 2. The van der Waals surface area contributed by atoms with Crippen molar-refractivity contribution >= 4 is 11.7 Å². The molecule has 0 atom stereocenters. The maximum Gasteiger partial charge on any atom is 0.339 e. The third-order valence-corrected chi connectivity index (χ3v) is 2.85. The van der Waals surface area contributed by atoms with E-state index in [1.807, 2.05) is 16.9 Å². The lowest BCUT2D eigenvalue weighted by Gasteiger charge is -2.06. The van der Waals surface area contributed by atoms with Crippen LogP contribution in [0.4, 0.5) is 5.69 Å². The summed E-state index contributed by atoms with van der Waals surface area (Å²) >= 11 is 0. The first-order valence-electron chi connectivity index (χ1n) is 6.42. The van der Waals surface area contributed by atoms with Crippen molar-refractivity contribution in [2.75, 3.05) is 5.32 Å². The maximum absolute atomic E-state index is 10.8. The van der Waals surface area contributed by atoms with Gasteiger partial charge in [0.1, 0.15) is 11.3 Å².